The number of benzene rings is 2. The monoisotopic (exact) mass is 468 g/mol. The number of nitrogens with one attached hydrogen (secondary N) is 1. The Kier molecular flexibility index (Phi) is 6.89. The zero-order valence-corrected chi connectivity index (χ0v) is 19.7. The van der Waals surface area contributed by atoms with Crippen molar-refractivity contribution in [2.75, 3.05) is 38.0 Å². The van der Waals surface area contributed by atoms with Crippen molar-refractivity contribution in [3.05, 3.63) is 69.7 Å². The number of halogens is 1. The predicted octanol–water partition coefficient (Wildman–Crippen LogP) is 4.48. The fraction of sp³-hybridized carbons (Fsp3) is 0.292. The lowest BCUT2D eigenvalue weighted by molar-refractivity contribution is -0.117. The number of para-hydroxylation sites is 1. The molecule has 2 aromatic carbocycles. The summed E-state index contributed by atoms with van der Waals surface area (Å²) in [5.74, 6) is -0.173. The Bertz CT molecular complexity index is 1140. The van der Waals surface area contributed by atoms with Gasteiger partial charge < -0.3 is 10.2 Å². The zero-order chi connectivity index (χ0) is 22.7. The van der Waals surface area contributed by atoms with Gasteiger partial charge >= 0.3 is 0 Å². The normalized spacial score (nSPS) is 14.4. The molecule has 8 heteroatoms. The second-order valence-corrected chi connectivity index (χ2v) is 9.22. The van der Waals surface area contributed by atoms with Gasteiger partial charge in [0.15, 0.2) is 0 Å². The second kappa shape index (κ2) is 9.81. The van der Waals surface area contributed by atoms with Crippen LogP contribution in [0.2, 0.25) is 5.02 Å². The molecule has 1 fully saturated rings. The minimum Gasteiger partial charge on any atom is -0.335 e. The highest BCUT2D eigenvalue weighted by molar-refractivity contribution is 7.13. The van der Waals surface area contributed by atoms with Gasteiger partial charge in [-0.2, -0.15) is 0 Å². The van der Waals surface area contributed by atoms with Crippen molar-refractivity contribution in [2.45, 2.75) is 13.8 Å². The maximum absolute atomic E-state index is 12.9. The molecular weight excluding hydrogens is 444 g/mol. The van der Waals surface area contributed by atoms with E-state index < -0.39 is 0 Å². The summed E-state index contributed by atoms with van der Waals surface area (Å²) >= 11 is 7.60. The lowest BCUT2D eigenvalue weighted by Gasteiger charge is -2.34. The van der Waals surface area contributed by atoms with Gasteiger partial charge in [-0.25, -0.2) is 4.98 Å². The van der Waals surface area contributed by atoms with E-state index in [2.05, 4.69) is 42.3 Å². The quantitative estimate of drug-likeness (QED) is 0.599. The Hall–Kier alpha value is -2.74. The largest absolute Gasteiger partial charge is 0.335 e. The first kappa shape index (κ1) is 22.5. The van der Waals surface area contributed by atoms with Crippen LogP contribution >= 0.6 is 22.9 Å². The third kappa shape index (κ3) is 5.18. The van der Waals surface area contributed by atoms with Crippen molar-refractivity contribution in [1.82, 2.24) is 14.8 Å². The fourth-order valence-corrected chi connectivity index (χ4v) is 4.84. The Morgan fingerprint density at radius 1 is 1.09 bits per heavy atom. The molecule has 0 atom stereocenters. The van der Waals surface area contributed by atoms with E-state index in [1.807, 2.05) is 27.3 Å². The van der Waals surface area contributed by atoms with Gasteiger partial charge in [-0.3, -0.25) is 14.5 Å². The standard InChI is InChI=1S/C24H25ClN4O2S/c1-16-7-8-18(17(2)13-16)23-27-21(15-32-23)24(31)29-11-9-28(10-12-29)14-22(30)26-20-6-4-3-5-19(20)25/h3-8,13,15H,9-12,14H2,1-2H3,(H,26,30). The number of carbonyl (C=O) groups excluding carboxylic acids is 2. The van der Waals surface area contributed by atoms with E-state index in [0.29, 0.717) is 42.6 Å². The third-order valence-corrected chi connectivity index (χ3v) is 6.72. The van der Waals surface area contributed by atoms with Gasteiger partial charge in [-0.05, 0) is 31.5 Å². The highest BCUT2D eigenvalue weighted by Crippen LogP contribution is 2.28. The van der Waals surface area contributed by atoms with Gasteiger partial charge in [0.1, 0.15) is 10.7 Å². The first-order valence-corrected chi connectivity index (χ1v) is 11.8. The van der Waals surface area contributed by atoms with Crippen LogP contribution in [0.25, 0.3) is 10.6 Å². The summed E-state index contributed by atoms with van der Waals surface area (Å²) < 4.78 is 0. The van der Waals surface area contributed by atoms with Crippen LogP contribution in [0, 0.1) is 13.8 Å². The number of amides is 2. The summed E-state index contributed by atoms with van der Waals surface area (Å²) in [6, 6.07) is 13.4. The van der Waals surface area contributed by atoms with Crippen molar-refractivity contribution < 1.29 is 9.59 Å². The molecule has 1 saturated heterocycles. The molecule has 1 aromatic heterocycles. The van der Waals surface area contributed by atoms with Crippen LogP contribution in [0.15, 0.2) is 47.8 Å². The van der Waals surface area contributed by atoms with Crippen LogP contribution in [-0.4, -0.2) is 59.3 Å². The molecule has 2 heterocycles. The number of aromatic nitrogens is 1. The molecule has 2 amide bonds. The number of hydrogen-bond acceptors (Lipinski definition) is 5. The van der Waals surface area contributed by atoms with E-state index in [4.69, 9.17) is 11.6 Å². The molecule has 0 spiro atoms. The minimum absolute atomic E-state index is 0.0579. The molecule has 3 aromatic rings. The number of hydrogen-bond donors (Lipinski definition) is 1. The summed E-state index contributed by atoms with van der Waals surface area (Å²) in [7, 11) is 0. The lowest BCUT2D eigenvalue weighted by atomic mass is 10.1. The van der Waals surface area contributed by atoms with Gasteiger partial charge in [0, 0.05) is 37.1 Å². The third-order valence-electron chi connectivity index (χ3n) is 5.51. The van der Waals surface area contributed by atoms with Crippen LogP contribution in [0.4, 0.5) is 5.69 Å². The van der Waals surface area contributed by atoms with Crippen LogP contribution in [0.3, 0.4) is 0 Å². The molecule has 0 aliphatic carbocycles. The second-order valence-electron chi connectivity index (χ2n) is 7.95. The molecule has 166 valence electrons. The van der Waals surface area contributed by atoms with Gasteiger partial charge in [-0.15, -0.1) is 11.3 Å². The highest BCUT2D eigenvalue weighted by atomic mass is 35.5. The molecule has 1 aliphatic heterocycles. The van der Waals surface area contributed by atoms with E-state index in [9.17, 15) is 9.59 Å². The first-order chi connectivity index (χ1) is 15.4. The van der Waals surface area contributed by atoms with Gasteiger partial charge in [-0.1, -0.05) is 47.5 Å². The molecule has 4 rings (SSSR count). The number of thiazole rings is 1. The van der Waals surface area contributed by atoms with Crippen LogP contribution in [-0.2, 0) is 4.79 Å². The molecule has 1 N–H and O–H groups in total. The molecular formula is C24H25ClN4O2S. The molecule has 1 aliphatic rings. The first-order valence-electron chi connectivity index (χ1n) is 10.5. The van der Waals surface area contributed by atoms with E-state index in [-0.39, 0.29) is 18.4 Å². The van der Waals surface area contributed by atoms with Crippen molar-refractivity contribution in [3.63, 3.8) is 0 Å². The molecule has 0 saturated carbocycles. The van der Waals surface area contributed by atoms with Crippen molar-refractivity contribution in [1.29, 1.82) is 0 Å². The maximum atomic E-state index is 12.9. The Morgan fingerprint density at radius 2 is 1.84 bits per heavy atom. The predicted molar refractivity (Wildman–Crippen MR) is 129 cm³/mol. The topological polar surface area (TPSA) is 65.5 Å². The number of rotatable bonds is 5. The van der Waals surface area contributed by atoms with Gasteiger partial charge in [0.2, 0.25) is 5.91 Å². The summed E-state index contributed by atoms with van der Waals surface area (Å²) in [5, 5.41) is 6.05. The number of nitrogens with zero attached hydrogens (tertiary/aromatic N) is 3. The minimum atomic E-state index is -0.115. The summed E-state index contributed by atoms with van der Waals surface area (Å²) in [5.41, 5.74) is 4.51. The zero-order valence-electron chi connectivity index (χ0n) is 18.1. The Balaban J connectivity index is 1.31. The fourth-order valence-electron chi connectivity index (χ4n) is 3.78. The molecule has 0 radical (unpaired) electrons. The Morgan fingerprint density at radius 3 is 2.56 bits per heavy atom. The smallest absolute Gasteiger partial charge is 0.273 e. The number of aryl methyl sites for hydroxylation is 2. The Labute approximate surface area is 196 Å². The average Bonchev–Trinajstić information content (AvgIpc) is 3.25. The van der Waals surface area contributed by atoms with E-state index in [1.54, 1.807) is 12.1 Å². The van der Waals surface area contributed by atoms with Crippen LogP contribution in [0.5, 0.6) is 0 Å². The van der Waals surface area contributed by atoms with Crippen molar-refractivity contribution in [2.24, 2.45) is 0 Å². The summed E-state index contributed by atoms with van der Waals surface area (Å²) in [6.07, 6.45) is 0. The molecule has 0 bridgehead atoms. The SMILES string of the molecule is Cc1ccc(-c2nc(C(=O)N3CCN(CC(=O)Nc4ccccc4Cl)CC3)cs2)c(C)c1. The summed E-state index contributed by atoms with van der Waals surface area (Å²) in [6.45, 7) is 6.79. The van der Waals surface area contributed by atoms with E-state index >= 15 is 0 Å². The molecule has 6 nitrogen and oxygen atoms in total. The molecule has 0 unspecified atom stereocenters. The number of piperazine rings is 1. The van der Waals surface area contributed by atoms with Gasteiger partial charge in [0.25, 0.3) is 5.91 Å². The number of carbonyl (C=O) groups is 2. The van der Waals surface area contributed by atoms with E-state index in [1.165, 1.54) is 16.9 Å². The van der Waals surface area contributed by atoms with Crippen LogP contribution < -0.4 is 5.32 Å². The average molecular weight is 469 g/mol. The lowest BCUT2D eigenvalue weighted by Crippen LogP contribution is -2.50. The van der Waals surface area contributed by atoms with Crippen LogP contribution in [0.1, 0.15) is 21.6 Å². The molecule has 32 heavy (non-hydrogen) atoms. The van der Waals surface area contributed by atoms with Crippen molar-refractivity contribution in [3.8, 4) is 10.6 Å². The number of anilines is 1. The summed E-state index contributed by atoms with van der Waals surface area (Å²) in [4.78, 5) is 33.8. The highest BCUT2D eigenvalue weighted by Gasteiger charge is 2.25. The van der Waals surface area contributed by atoms with Gasteiger partial charge in [0.05, 0.1) is 17.3 Å². The maximum Gasteiger partial charge on any atom is 0.273 e. The van der Waals surface area contributed by atoms with Crippen molar-refractivity contribution >= 4 is 40.4 Å². The van der Waals surface area contributed by atoms with E-state index in [0.717, 1.165) is 16.1 Å².